The van der Waals surface area contributed by atoms with E-state index in [0.29, 0.717) is 35.7 Å². The molecule has 4 heteroatoms. The number of hydrogen-bond donors (Lipinski definition) is 1. The average molecular weight is 373 g/mol. The molecule has 2 N–H and O–H groups in total. The van der Waals surface area contributed by atoms with E-state index in [-0.39, 0.29) is 5.41 Å². The van der Waals surface area contributed by atoms with Crippen molar-refractivity contribution in [2.75, 3.05) is 13.2 Å². The van der Waals surface area contributed by atoms with E-state index in [9.17, 15) is 4.79 Å². The zero-order valence-electron chi connectivity index (χ0n) is 17.1. The van der Waals surface area contributed by atoms with Gasteiger partial charge in [0.15, 0.2) is 0 Å². The van der Waals surface area contributed by atoms with Gasteiger partial charge in [-0.1, -0.05) is 19.0 Å². The molecule has 5 rings (SSSR count). The lowest BCUT2D eigenvalue weighted by molar-refractivity contribution is -0.139. The first-order valence-corrected chi connectivity index (χ1v) is 11.4. The van der Waals surface area contributed by atoms with Gasteiger partial charge in [-0.2, -0.15) is 0 Å². The molecule has 0 aromatic rings. The van der Waals surface area contributed by atoms with E-state index in [4.69, 9.17) is 10.6 Å². The topological polar surface area (TPSA) is 64.7 Å². The molecule has 0 bridgehead atoms. The highest BCUT2D eigenvalue weighted by molar-refractivity contribution is 5.93. The van der Waals surface area contributed by atoms with E-state index in [1.807, 2.05) is 0 Å². The van der Waals surface area contributed by atoms with Gasteiger partial charge in [-0.25, -0.2) is 0 Å². The number of hydrogen-bond acceptors (Lipinski definition) is 4. The highest BCUT2D eigenvalue weighted by Gasteiger charge is 2.67. The highest BCUT2D eigenvalue weighted by Crippen LogP contribution is 2.72. The molecule has 0 aliphatic heterocycles. The molecule has 0 heterocycles. The molecule has 5 fully saturated rings. The third-order valence-electron chi connectivity index (χ3n) is 9.89. The second-order valence-electron chi connectivity index (χ2n) is 10.7. The minimum atomic E-state index is -0.00101. The number of rotatable bonds is 3. The van der Waals surface area contributed by atoms with Crippen molar-refractivity contribution in [1.82, 2.24) is 0 Å². The normalized spacial score (nSPS) is 48.9. The van der Waals surface area contributed by atoms with Crippen LogP contribution in [0.2, 0.25) is 0 Å². The summed E-state index contributed by atoms with van der Waals surface area (Å²) in [5, 5.41) is 4.58. The summed E-state index contributed by atoms with van der Waals surface area (Å²) in [6.45, 7) is 5.96. The maximum absolute atomic E-state index is 12.6. The van der Waals surface area contributed by atoms with Gasteiger partial charge in [0, 0.05) is 23.8 Å². The van der Waals surface area contributed by atoms with Crippen molar-refractivity contribution < 1.29 is 9.63 Å². The Kier molecular flexibility index (Phi) is 4.06. The first-order valence-electron chi connectivity index (χ1n) is 11.4. The number of fused-ring (bicyclic) bond motifs is 6. The van der Waals surface area contributed by atoms with Crippen molar-refractivity contribution in [3.63, 3.8) is 0 Å². The summed E-state index contributed by atoms with van der Waals surface area (Å²) in [6.07, 6.45) is 12.0. The SMILES string of the molecule is C[C@]12CC/C(=N\OCCN)C3(CC3)C1CC[C@@H]1[C@@H]2CC[C@]2(C)C(=O)CC[C@@H]12. The Hall–Kier alpha value is -0.900. The minimum Gasteiger partial charge on any atom is -0.394 e. The molecule has 6 atom stereocenters. The Morgan fingerprint density at radius 1 is 1.04 bits per heavy atom. The standard InChI is InChI=1S/C23H36N2O2/c1-21-10-8-19(25-27-14-13-24)23(11-12-23)18(21)5-3-15-16-4-6-20(26)22(16,2)9-7-17(15)21/h15-18H,3-14,24H2,1-2H3/b25-19+/t15-,16-,17-,18?,21+,22-/m0/s1. The van der Waals surface area contributed by atoms with Crippen LogP contribution in [-0.2, 0) is 9.63 Å². The Balaban J connectivity index is 1.42. The molecule has 1 unspecified atom stereocenters. The summed E-state index contributed by atoms with van der Waals surface area (Å²) in [5.41, 5.74) is 7.67. The Labute approximate surface area is 163 Å². The molecule has 0 amide bonds. The number of carbonyl (C=O) groups is 1. The van der Waals surface area contributed by atoms with Gasteiger partial charge in [0.1, 0.15) is 12.4 Å². The zero-order chi connectivity index (χ0) is 18.9. The molecule has 5 saturated carbocycles. The van der Waals surface area contributed by atoms with Crippen LogP contribution in [0.4, 0.5) is 0 Å². The summed E-state index contributed by atoms with van der Waals surface area (Å²) in [5.74, 6) is 3.57. The molecular formula is C23H36N2O2. The molecule has 5 aliphatic rings. The first kappa shape index (κ1) is 18.1. The molecule has 5 aliphatic carbocycles. The fourth-order valence-electron chi connectivity index (χ4n) is 8.42. The van der Waals surface area contributed by atoms with E-state index < -0.39 is 0 Å². The Morgan fingerprint density at radius 3 is 2.59 bits per heavy atom. The van der Waals surface area contributed by atoms with E-state index in [2.05, 4.69) is 19.0 Å². The van der Waals surface area contributed by atoms with Gasteiger partial charge >= 0.3 is 0 Å². The number of ketones is 1. The zero-order valence-corrected chi connectivity index (χ0v) is 17.1. The number of nitrogens with two attached hydrogens (primary N) is 1. The van der Waals surface area contributed by atoms with Gasteiger partial charge in [0.2, 0.25) is 0 Å². The van der Waals surface area contributed by atoms with E-state index in [1.165, 1.54) is 44.2 Å². The highest BCUT2D eigenvalue weighted by atomic mass is 16.6. The third kappa shape index (κ3) is 2.37. The molecule has 27 heavy (non-hydrogen) atoms. The van der Waals surface area contributed by atoms with Crippen LogP contribution in [0.25, 0.3) is 0 Å². The maximum Gasteiger partial charge on any atom is 0.139 e. The van der Waals surface area contributed by atoms with E-state index >= 15 is 0 Å². The van der Waals surface area contributed by atoms with Crippen molar-refractivity contribution in [3.05, 3.63) is 0 Å². The van der Waals surface area contributed by atoms with Gasteiger partial charge in [-0.15, -0.1) is 0 Å². The van der Waals surface area contributed by atoms with Crippen molar-refractivity contribution in [3.8, 4) is 0 Å². The predicted molar refractivity (Wildman–Crippen MR) is 106 cm³/mol. The number of nitrogens with zero attached hydrogens (tertiary/aromatic N) is 1. The Morgan fingerprint density at radius 2 is 1.85 bits per heavy atom. The van der Waals surface area contributed by atoms with Crippen molar-refractivity contribution >= 4 is 11.5 Å². The molecule has 150 valence electrons. The lowest BCUT2D eigenvalue weighted by Crippen LogP contribution is -2.56. The van der Waals surface area contributed by atoms with E-state index in [0.717, 1.165) is 43.4 Å². The smallest absolute Gasteiger partial charge is 0.139 e. The fraction of sp³-hybridized carbons (Fsp3) is 0.913. The van der Waals surface area contributed by atoms with Crippen LogP contribution >= 0.6 is 0 Å². The van der Waals surface area contributed by atoms with Gasteiger partial charge in [-0.3, -0.25) is 4.79 Å². The largest absolute Gasteiger partial charge is 0.394 e. The van der Waals surface area contributed by atoms with Crippen LogP contribution < -0.4 is 5.73 Å². The molecule has 0 saturated heterocycles. The molecule has 0 aromatic heterocycles. The van der Waals surface area contributed by atoms with Crippen LogP contribution in [0.5, 0.6) is 0 Å². The predicted octanol–water partition coefficient (Wildman–Crippen LogP) is 4.32. The van der Waals surface area contributed by atoms with Crippen LogP contribution in [-0.4, -0.2) is 24.6 Å². The minimum absolute atomic E-state index is 0.00101. The van der Waals surface area contributed by atoms with Crippen molar-refractivity contribution in [2.45, 2.75) is 78.1 Å². The first-order chi connectivity index (χ1) is 13.0. The molecule has 4 nitrogen and oxygen atoms in total. The summed E-state index contributed by atoms with van der Waals surface area (Å²) in [6, 6.07) is 0. The van der Waals surface area contributed by atoms with Crippen molar-refractivity contribution in [2.24, 2.45) is 50.8 Å². The second kappa shape index (κ2) is 6.05. The quantitative estimate of drug-likeness (QED) is 0.593. The maximum atomic E-state index is 12.6. The van der Waals surface area contributed by atoms with E-state index in [1.54, 1.807) is 0 Å². The van der Waals surface area contributed by atoms with Crippen molar-refractivity contribution in [1.29, 1.82) is 0 Å². The Bertz CT molecular complexity index is 669. The summed E-state index contributed by atoms with van der Waals surface area (Å²) >= 11 is 0. The number of oxime groups is 1. The number of Topliss-reactive ketones (excluding diaryl/α,β-unsaturated/α-hetero) is 1. The molecular weight excluding hydrogens is 336 g/mol. The van der Waals surface area contributed by atoms with Gasteiger partial charge in [-0.05, 0) is 86.9 Å². The van der Waals surface area contributed by atoms with Crippen LogP contribution in [0, 0.1) is 39.9 Å². The van der Waals surface area contributed by atoms with Gasteiger partial charge < -0.3 is 10.6 Å². The summed E-state index contributed by atoms with van der Waals surface area (Å²) in [7, 11) is 0. The van der Waals surface area contributed by atoms with Gasteiger partial charge in [0.25, 0.3) is 0 Å². The third-order valence-corrected chi connectivity index (χ3v) is 9.89. The van der Waals surface area contributed by atoms with Crippen LogP contribution in [0.3, 0.4) is 0 Å². The number of carbonyl (C=O) groups excluding carboxylic acids is 1. The fourth-order valence-corrected chi connectivity index (χ4v) is 8.42. The average Bonchev–Trinajstić information content (AvgIpc) is 3.37. The second-order valence-corrected chi connectivity index (χ2v) is 10.7. The summed E-state index contributed by atoms with van der Waals surface area (Å²) in [4.78, 5) is 18.1. The molecule has 0 aromatic carbocycles. The molecule has 0 radical (unpaired) electrons. The lowest BCUT2D eigenvalue weighted by Gasteiger charge is -2.61. The summed E-state index contributed by atoms with van der Waals surface area (Å²) < 4.78 is 0. The van der Waals surface area contributed by atoms with Crippen LogP contribution in [0.15, 0.2) is 5.16 Å². The van der Waals surface area contributed by atoms with Crippen LogP contribution in [0.1, 0.15) is 78.1 Å². The lowest BCUT2D eigenvalue weighted by atomic mass is 9.43. The monoisotopic (exact) mass is 372 g/mol. The molecule has 1 spiro atoms. The van der Waals surface area contributed by atoms with Gasteiger partial charge in [0.05, 0.1) is 5.71 Å².